The number of nitrogens with one attached hydrogen (secondary N) is 2. The van der Waals surface area contributed by atoms with Gasteiger partial charge in [-0.2, -0.15) is 0 Å². The molecular formula is C18H18Cl2F2N2O. The zero-order chi connectivity index (χ0) is 18.4. The molecule has 1 aromatic carbocycles. The van der Waals surface area contributed by atoms with Crippen molar-refractivity contribution in [2.24, 2.45) is 5.92 Å². The van der Waals surface area contributed by atoms with Gasteiger partial charge in [0.15, 0.2) is 0 Å². The fraction of sp³-hybridized carbons (Fsp3) is 0.278. The zero-order valence-corrected chi connectivity index (χ0v) is 14.9. The molecule has 0 aromatic heterocycles. The van der Waals surface area contributed by atoms with Gasteiger partial charge in [-0.05, 0) is 42.7 Å². The second kappa shape index (κ2) is 9.13. The number of hydrogen-bond donors (Lipinski definition) is 2. The Kier molecular flexibility index (Phi) is 7.17. The van der Waals surface area contributed by atoms with Gasteiger partial charge in [0.1, 0.15) is 11.6 Å². The van der Waals surface area contributed by atoms with E-state index in [1.54, 1.807) is 6.08 Å². The van der Waals surface area contributed by atoms with Gasteiger partial charge in [-0.15, -0.1) is 0 Å². The molecule has 1 aliphatic rings. The van der Waals surface area contributed by atoms with Gasteiger partial charge in [-0.25, -0.2) is 8.78 Å². The molecule has 134 valence electrons. The summed E-state index contributed by atoms with van der Waals surface area (Å²) in [5, 5.41) is 5.76. The lowest BCUT2D eigenvalue weighted by molar-refractivity contribution is -0.105. The Morgan fingerprint density at radius 3 is 2.88 bits per heavy atom. The molecular weight excluding hydrogens is 369 g/mol. The van der Waals surface area contributed by atoms with Crippen LogP contribution in [0.4, 0.5) is 14.5 Å². The topological polar surface area (TPSA) is 41.1 Å². The van der Waals surface area contributed by atoms with E-state index >= 15 is 0 Å². The van der Waals surface area contributed by atoms with E-state index in [0.29, 0.717) is 30.6 Å². The van der Waals surface area contributed by atoms with Crippen molar-refractivity contribution in [3.8, 4) is 0 Å². The average Bonchev–Trinajstić information content (AvgIpc) is 3.03. The van der Waals surface area contributed by atoms with Crippen LogP contribution in [0.25, 0.3) is 0 Å². The summed E-state index contributed by atoms with van der Waals surface area (Å²) >= 11 is 11.5. The predicted molar refractivity (Wildman–Crippen MR) is 98.1 cm³/mol. The molecule has 2 atom stereocenters. The highest BCUT2D eigenvalue weighted by molar-refractivity contribution is 6.31. The second-order valence-electron chi connectivity index (χ2n) is 5.72. The van der Waals surface area contributed by atoms with Gasteiger partial charge in [0, 0.05) is 18.2 Å². The number of rotatable bonds is 7. The summed E-state index contributed by atoms with van der Waals surface area (Å²) in [6.07, 6.45) is 6.19. The maximum atomic E-state index is 13.9. The van der Waals surface area contributed by atoms with E-state index in [4.69, 9.17) is 23.2 Å². The summed E-state index contributed by atoms with van der Waals surface area (Å²) in [7, 11) is 0. The smallest absolute Gasteiger partial charge is 0.211 e. The molecule has 1 aromatic rings. The maximum Gasteiger partial charge on any atom is 0.211 e. The van der Waals surface area contributed by atoms with Crippen molar-refractivity contribution in [2.45, 2.75) is 12.3 Å². The number of amides is 1. The molecule has 0 bridgehead atoms. The van der Waals surface area contributed by atoms with Crippen molar-refractivity contribution in [3.63, 3.8) is 0 Å². The van der Waals surface area contributed by atoms with Crippen LogP contribution in [0.2, 0.25) is 5.02 Å². The minimum atomic E-state index is -0.687. The molecule has 0 unspecified atom stereocenters. The lowest BCUT2D eigenvalue weighted by Gasteiger charge is -2.21. The van der Waals surface area contributed by atoms with Gasteiger partial charge in [-0.1, -0.05) is 41.9 Å². The molecule has 3 nitrogen and oxygen atoms in total. The predicted octanol–water partition coefficient (Wildman–Crippen LogP) is 4.90. The highest BCUT2D eigenvalue weighted by Crippen LogP contribution is 2.37. The van der Waals surface area contributed by atoms with Gasteiger partial charge in [0.05, 0.1) is 10.1 Å². The number of halogens is 4. The monoisotopic (exact) mass is 386 g/mol. The quantitative estimate of drug-likeness (QED) is 0.516. The molecule has 2 N–H and O–H groups in total. The first kappa shape index (κ1) is 19.6. The van der Waals surface area contributed by atoms with Crippen molar-refractivity contribution in [3.05, 3.63) is 64.2 Å². The van der Waals surface area contributed by atoms with Gasteiger partial charge >= 0.3 is 0 Å². The maximum absolute atomic E-state index is 13.9. The van der Waals surface area contributed by atoms with E-state index in [1.165, 1.54) is 18.2 Å². The lowest BCUT2D eigenvalue weighted by Crippen LogP contribution is -2.13. The number of anilines is 1. The first-order chi connectivity index (χ1) is 11.9. The van der Waals surface area contributed by atoms with E-state index < -0.39 is 11.6 Å². The zero-order valence-electron chi connectivity index (χ0n) is 13.4. The van der Waals surface area contributed by atoms with Crippen LogP contribution in [0.15, 0.2) is 47.8 Å². The Bertz CT molecular complexity index is 719. The van der Waals surface area contributed by atoms with Crippen LogP contribution < -0.4 is 10.6 Å². The minimum absolute atomic E-state index is 0.00876. The van der Waals surface area contributed by atoms with Gasteiger partial charge < -0.3 is 10.6 Å². The Hall–Kier alpha value is -1.69. The molecule has 1 heterocycles. The minimum Gasteiger partial charge on any atom is -0.328 e. The van der Waals surface area contributed by atoms with Crippen LogP contribution in [0.1, 0.15) is 17.9 Å². The van der Waals surface area contributed by atoms with Crippen LogP contribution in [0.3, 0.4) is 0 Å². The van der Waals surface area contributed by atoms with Gasteiger partial charge in [0.2, 0.25) is 6.41 Å². The fourth-order valence-electron chi connectivity index (χ4n) is 2.90. The molecule has 1 amide bonds. The molecule has 0 aliphatic carbocycles. The second-order valence-corrected chi connectivity index (χ2v) is 6.54. The summed E-state index contributed by atoms with van der Waals surface area (Å²) in [6, 6.07) is 2.79. The molecule has 0 spiro atoms. The third-order valence-electron chi connectivity index (χ3n) is 4.12. The Morgan fingerprint density at radius 1 is 1.44 bits per heavy atom. The largest absolute Gasteiger partial charge is 0.328 e. The lowest BCUT2D eigenvalue weighted by atomic mass is 9.85. The van der Waals surface area contributed by atoms with Crippen molar-refractivity contribution in [1.29, 1.82) is 0 Å². The number of carbonyl (C=O) groups is 1. The van der Waals surface area contributed by atoms with Crippen molar-refractivity contribution in [2.75, 3.05) is 18.4 Å². The molecule has 1 fully saturated rings. The number of carbonyl (C=O) groups excluding carboxylic acids is 1. The fourth-order valence-corrected chi connectivity index (χ4v) is 3.13. The number of allylic oxidation sites excluding steroid dienone is 5. The summed E-state index contributed by atoms with van der Waals surface area (Å²) in [4.78, 5) is 10.8. The normalized spacial score (nSPS) is 20.9. The van der Waals surface area contributed by atoms with E-state index in [1.807, 2.05) is 6.08 Å². The number of hydrogen-bond acceptors (Lipinski definition) is 2. The third-order valence-corrected chi connectivity index (χ3v) is 4.74. The molecule has 0 saturated carbocycles. The molecule has 2 rings (SSSR count). The van der Waals surface area contributed by atoms with Crippen LogP contribution in [0.5, 0.6) is 0 Å². The molecule has 7 heteroatoms. The summed E-state index contributed by atoms with van der Waals surface area (Å²) in [6.45, 7) is 4.51. The van der Waals surface area contributed by atoms with Crippen molar-refractivity contribution >= 4 is 35.3 Å². The average molecular weight is 387 g/mol. The van der Waals surface area contributed by atoms with E-state index in [0.717, 1.165) is 6.54 Å². The van der Waals surface area contributed by atoms with Gasteiger partial charge in [0.25, 0.3) is 0 Å². The Morgan fingerprint density at radius 2 is 2.20 bits per heavy atom. The van der Waals surface area contributed by atoms with Gasteiger partial charge in [-0.3, -0.25) is 4.79 Å². The molecule has 1 aliphatic heterocycles. The third kappa shape index (κ3) is 5.14. The van der Waals surface area contributed by atoms with Crippen LogP contribution in [0, 0.1) is 11.7 Å². The highest BCUT2D eigenvalue weighted by Gasteiger charge is 2.30. The van der Waals surface area contributed by atoms with E-state index in [9.17, 15) is 13.6 Å². The number of benzene rings is 1. The molecule has 25 heavy (non-hydrogen) atoms. The van der Waals surface area contributed by atoms with Crippen LogP contribution >= 0.6 is 23.2 Å². The molecule has 1 saturated heterocycles. The summed E-state index contributed by atoms with van der Waals surface area (Å²) < 4.78 is 26.7. The SMILES string of the molecule is C=C(F)/C(Cl)=C\C=C/C[C@H]1CNC[C@H]1c1cc(F)c(Cl)cc1NC=O. The summed E-state index contributed by atoms with van der Waals surface area (Å²) in [5.41, 5.74) is 1.20. The first-order valence-electron chi connectivity index (χ1n) is 7.71. The Labute approximate surface area is 155 Å². The molecule has 0 radical (unpaired) electrons. The van der Waals surface area contributed by atoms with Crippen LogP contribution in [-0.2, 0) is 4.79 Å². The Balaban J connectivity index is 2.17. The van der Waals surface area contributed by atoms with E-state index in [-0.39, 0.29) is 21.9 Å². The van der Waals surface area contributed by atoms with Crippen LogP contribution in [-0.4, -0.2) is 19.5 Å². The van der Waals surface area contributed by atoms with E-state index in [2.05, 4.69) is 17.2 Å². The first-order valence-corrected chi connectivity index (χ1v) is 8.46. The highest BCUT2D eigenvalue weighted by atomic mass is 35.5. The van der Waals surface area contributed by atoms with Crippen molar-refractivity contribution in [1.82, 2.24) is 5.32 Å². The van der Waals surface area contributed by atoms with Crippen molar-refractivity contribution < 1.29 is 13.6 Å². The standard InChI is InChI=1S/C18H18Cl2F2N2O/c1-11(21)15(19)5-3-2-4-12-8-23-9-14(12)13-6-17(22)16(20)7-18(13)24-10-25/h2-3,5-7,10,12,14,23H,1,4,8-9H2,(H,24,25)/b3-2-,15-5+/t12-,14+/m0/s1. The summed E-state index contributed by atoms with van der Waals surface area (Å²) in [5.74, 6) is -1.02.